The Labute approximate surface area is 116 Å². The zero-order valence-electron chi connectivity index (χ0n) is 10.9. The molecule has 0 spiro atoms. The van der Waals surface area contributed by atoms with E-state index in [9.17, 15) is 10.1 Å². The van der Waals surface area contributed by atoms with Crippen LogP contribution < -0.4 is 4.90 Å². The summed E-state index contributed by atoms with van der Waals surface area (Å²) in [4.78, 5) is 12.5. The number of thioether (sulfide) groups is 1. The molecule has 2 unspecified atom stereocenters. The maximum absolute atomic E-state index is 10.8. The number of hydrogen-bond acceptors (Lipinski definition) is 5. The lowest BCUT2D eigenvalue weighted by atomic mass is 10.1. The summed E-state index contributed by atoms with van der Waals surface area (Å²) in [5, 5.41) is 20.4. The molecule has 0 radical (unpaired) electrons. The number of benzene rings is 1. The maximum Gasteiger partial charge on any atom is 0.287 e. The Hall–Kier alpha value is -1.74. The second-order valence-corrected chi connectivity index (χ2v) is 6.07. The quantitative estimate of drug-likeness (QED) is 0.614. The largest absolute Gasteiger partial charge is 0.367 e. The Morgan fingerprint density at radius 2 is 2.26 bits per heavy atom. The summed E-state index contributed by atoms with van der Waals surface area (Å²) in [6.07, 6.45) is 0. The van der Waals surface area contributed by atoms with Gasteiger partial charge in [0, 0.05) is 35.3 Å². The van der Waals surface area contributed by atoms with Gasteiger partial charge >= 0.3 is 0 Å². The number of anilines is 1. The SMILES string of the molecule is CC1SCCN(c2ccc([N+](=O)[O-])c(C#N)c2)C1C. The number of nitriles is 1. The molecular weight excluding hydrogens is 262 g/mol. The predicted octanol–water partition coefficient (Wildman–Crippen LogP) is 2.80. The Bertz CT molecular complexity index is 541. The molecular formula is C13H15N3O2S. The molecule has 0 aliphatic carbocycles. The molecule has 2 atom stereocenters. The molecule has 5 nitrogen and oxygen atoms in total. The van der Waals surface area contributed by atoms with Crippen molar-refractivity contribution in [3.05, 3.63) is 33.9 Å². The Kier molecular flexibility index (Phi) is 3.96. The van der Waals surface area contributed by atoms with E-state index in [1.165, 1.54) is 6.07 Å². The van der Waals surface area contributed by atoms with Crippen molar-refractivity contribution in [2.75, 3.05) is 17.2 Å². The van der Waals surface area contributed by atoms with Crippen LogP contribution in [0.3, 0.4) is 0 Å². The molecule has 2 rings (SSSR count). The average molecular weight is 277 g/mol. The summed E-state index contributed by atoms with van der Waals surface area (Å²) in [5.41, 5.74) is 0.890. The van der Waals surface area contributed by atoms with Crippen molar-refractivity contribution in [3.8, 4) is 6.07 Å². The second kappa shape index (κ2) is 5.49. The van der Waals surface area contributed by atoms with Crippen LogP contribution in [0.25, 0.3) is 0 Å². The highest BCUT2D eigenvalue weighted by molar-refractivity contribution is 8.00. The van der Waals surface area contributed by atoms with Gasteiger partial charge < -0.3 is 4.90 Å². The van der Waals surface area contributed by atoms with E-state index in [2.05, 4.69) is 18.7 Å². The minimum absolute atomic E-state index is 0.126. The maximum atomic E-state index is 10.8. The minimum Gasteiger partial charge on any atom is -0.367 e. The first-order valence-corrected chi connectivity index (χ1v) is 7.16. The Morgan fingerprint density at radius 1 is 1.53 bits per heavy atom. The molecule has 0 N–H and O–H groups in total. The lowest BCUT2D eigenvalue weighted by Gasteiger charge is -2.39. The highest BCUT2D eigenvalue weighted by atomic mass is 32.2. The van der Waals surface area contributed by atoms with Crippen LogP contribution >= 0.6 is 11.8 Å². The summed E-state index contributed by atoms with van der Waals surface area (Å²) in [5.74, 6) is 1.03. The van der Waals surface area contributed by atoms with Gasteiger partial charge in [-0.15, -0.1) is 0 Å². The second-order valence-electron chi connectivity index (χ2n) is 4.58. The van der Waals surface area contributed by atoms with Crippen LogP contribution in [-0.4, -0.2) is 28.5 Å². The fraction of sp³-hybridized carbons (Fsp3) is 0.462. The summed E-state index contributed by atoms with van der Waals surface area (Å²) in [6.45, 7) is 5.22. The lowest BCUT2D eigenvalue weighted by molar-refractivity contribution is -0.385. The van der Waals surface area contributed by atoms with Crippen molar-refractivity contribution >= 4 is 23.1 Å². The molecule has 0 bridgehead atoms. The fourth-order valence-corrected chi connectivity index (χ4v) is 3.35. The van der Waals surface area contributed by atoms with E-state index in [-0.39, 0.29) is 11.3 Å². The van der Waals surface area contributed by atoms with Gasteiger partial charge in [0.15, 0.2) is 0 Å². The first kappa shape index (κ1) is 13.7. The molecule has 0 aromatic heterocycles. The molecule has 6 heteroatoms. The Morgan fingerprint density at radius 3 is 2.89 bits per heavy atom. The van der Waals surface area contributed by atoms with Crippen molar-refractivity contribution in [2.45, 2.75) is 25.1 Å². The van der Waals surface area contributed by atoms with Crippen LogP contribution in [0.5, 0.6) is 0 Å². The fourth-order valence-electron chi connectivity index (χ4n) is 2.25. The number of nitrogens with zero attached hydrogens (tertiary/aromatic N) is 3. The number of hydrogen-bond donors (Lipinski definition) is 0. The zero-order chi connectivity index (χ0) is 14.0. The van der Waals surface area contributed by atoms with Gasteiger partial charge in [-0.25, -0.2) is 0 Å². The van der Waals surface area contributed by atoms with Gasteiger partial charge in [-0.05, 0) is 19.1 Å². The van der Waals surface area contributed by atoms with Crippen molar-refractivity contribution in [3.63, 3.8) is 0 Å². The van der Waals surface area contributed by atoms with E-state index in [1.807, 2.05) is 17.8 Å². The molecule has 19 heavy (non-hydrogen) atoms. The van der Waals surface area contributed by atoms with E-state index in [0.29, 0.717) is 11.3 Å². The van der Waals surface area contributed by atoms with Crippen LogP contribution in [0.2, 0.25) is 0 Å². The van der Waals surface area contributed by atoms with E-state index in [1.54, 1.807) is 12.1 Å². The third kappa shape index (κ3) is 2.66. The van der Waals surface area contributed by atoms with Crippen molar-refractivity contribution in [1.29, 1.82) is 5.26 Å². The normalized spacial score (nSPS) is 22.9. The van der Waals surface area contributed by atoms with Crippen molar-refractivity contribution in [1.82, 2.24) is 0 Å². The molecule has 1 saturated heterocycles. The molecule has 100 valence electrons. The van der Waals surface area contributed by atoms with Gasteiger partial charge in [-0.2, -0.15) is 17.0 Å². The van der Waals surface area contributed by atoms with Crippen molar-refractivity contribution < 1.29 is 4.92 Å². The molecule has 1 aliphatic heterocycles. The van der Waals surface area contributed by atoms with Crippen LogP contribution in [-0.2, 0) is 0 Å². The summed E-state index contributed by atoms with van der Waals surface area (Å²) in [7, 11) is 0. The van der Waals surface area contributed by atoms with E-state index >= 15 is 0 Å². The van der Waals surface area contributed by atoms with E-state index in [0.717, 1.165) is 18.0 Å². The van der Waals surface area contributed by atoms with Gasteiger partial charge in [0.25, 0.3) is 5.69 Å². The average Bonchev–Trinajstić information content (AvgIpc) is 2.41. The number of nitro groups is 1. The van der Waals surface area contributed by atoms with Gasteiger partial charge in [-0.3, -0.25) is 10.1 Å². The Balaban J connectivity index is 2.36. The summed E-state index contributed by atoms with van der Waals surface area (Å²) >= 11 is 1.93. The first-order valence-electron chi connectivity index (χ1n) is 6.11. The topological polar surface area (TPSA) is 70.2 Å². The van der Waals surface area contributed by atoms with Crippen molar-refractivity contribution in [2.24, 2.45) is 0 Å². The molecule has 1 fully saturated rings. The smallest absolute Gasteiger partial charge is 0.287 e. The van der Waals surface area contributed by atoms with Gasteiger partial charge in [-0.1, -0.05) is 6.92 Å². The van der Waals surface area contributed by atoms with Gasteiger partial charge in [0.05, 0.1) is 4.92 Å². The molecule has 1 aromatic carbocycles. The van der Waals surface area contributed by atoms with Crippen LogP contribution in [0, 0.1) is 21.4 Å². The number of nitro benzene ring substituents is 1. The highest BCUT2D eigenvalue weighted by Crippen LogP contribution is 2.31. The summed E-state index contributed by atoms with van der Waals surface area (Å²) < 4.78 is 0. The standard InChI is InChI=1S/C13H15N3O2S/c1-9-10(2)19-6-5-15(9)12-3-4-13(16(17)18)11(7-12)8-14/h3-4,7,9-10H,5-6H2,1-2H3. The van der Waals surface area contributed by atoms with E-state index in [4.69, 9.17) is 5.26 Å². The van der Waals surface area contributed by atoms with Crippen LogP contribution in [0.15, 0.2) is 18.2 Å². The van der Waals surface area contributed by atoms with Crippen LogP contribution in [0.1, 0.15) is 19.4 Å². The molecule has 1 heterocycles. The predicted molar refractivity (Wildman–Crippen MR) is 76.5 cm³/mol. The van der Waals surface area contributed by atoms with E-state index < -0.39 is 4.92 Å². The number of rotatable bonds is 2. The van der Waals surface area contributed by atoms with Gasteiger partial charge in [0.1, 0.15) is 11.6 Å². The lowest BCUT2D eigenvalue weighted by Crippen LogP contribution is -2.44. The third-order valence-corrected chi connectivity index (χ3v) is 4.85. The van der Waals surface area contributed by atoms with Gasteiger partial charge in [0.2, 0.25) is 0 Å². The molecule has 0 saturated carbocycles. The first-order chi connectivity index (χ1) is 9.04. The zero-order valence-corrected chi connectivity index (χ0v) is 11.7. The molecule has 1 aromatic rings. The monoisotopic (exact) mass is 277 g/mol. The highest BCUT2D eigenvalue weighted by Gasteiger charge is 2.26. The molecule has 1 aliphatic rings. The third-order valence-electron chi connectivity index (χ3n) is 3.51. The minimum atomic E-state index is -0.513. The summed E-state index contributed by atoms with van der Waals surface area (Å²) in [6, 6.07) is 7.04. The molecule has 0 amide bonds. The van der Waals surface area contributed by atoms with Crippen LogP contribution in [0.4, 0.5) is 11.4 Å².